The van der Waals surface area contributed by atoms with Crippen molar-refractivity contribution in [3.63, 3.8) is 0 Å². The van der Waals surface area contributed by atoms with Gasteiger partial charge in [-0.2, -0.15) is 22.8 Å². The third-order valence-electron chi connectivity index (χ3n) is 15.1. The molecular formula is C53H64Cl2Zr-2. The van der Waals surface area contributed by atoms with Crippen molar-refractivity contribution in [1.29, 1.82) is 0 Å². The Morgan fingerprint density at radius 1 is 0.804 bits per heavy atom. The molecule has 296 valence electrons. The molecule has 5 aliphatic carbocycles. The molecule has 3 aromatic rings. The van der Waals surface area contributed by atoms with E-state index in [9.17, 15) is 0 Å². The van der Waals surface area contributed by atoms with Crippen molar-refractivity contribution in [2.75, 3.05) is 0 Å². The summed E-state index contributed by atoms with van der Waals surface area (Å²) in [5.74, 6) is 2.81. The SMILES string of the molecule is CCC1[C-]=CC(C(C)(C)C)=C1.C[C-]1C2=C3Cc4ccccc4C3=C3C=CCCC3C2(C)C(C)(C)C(C)(C)C1(C)C.[Cl-].[Cl-].[Zr+2]=[C](c1ccccc1)c1ccccc1. The van der Waals surface area contributed by atoms with Crippen LogP contribution in [0.5, 0.6) is 0 Å². The standard InChI is InChI=1S/C29H37.C13H10.C11H17.2ClH.Zr/c1-18-25-22-17-19-13-9-10-14-20(19)24(22)21-15-11-12-16-23(21)29(25,8)28(6,7)27(4,5)26(18,2)3;1-3-7-12(8-4-1)11-13-9-5-2-6-10-13;1-5-9-6-7-10(8-9)11(2,3)4;;;/h9-11,13-15,23H,12,16-17H2,1-8H3;1-10H;7-9H,5H2,1-4H3;2*1H;/q-1;;-1;;;+2/p-2. The predicted octanol–water partition coefficient (Wildman–Crippen LogP) is 8.13. The van der Waals surface area contributed by atoms with Crippen LogP contribution < -0.4 is 24.8 Å². The number of fused-ring (bicyclic) bond motifs is 6. The summed E-state index contributed by atoms with van der Waals surface area (Å²) in [5.41, 5.74) is 14.7. The summed E-state index contributed by atoms with van der Waals surface area (Å²) in [4.78, 5) is 0. The number of benzene rings is 3. The summed E-state index contributed by atoms with van der Waals surface area (Å²) in [7, 11) is 0. The average molecular weight is 863 g/mol. The first kappa shape index (κ1) is 46.3. The van der Waals surface area contributed by atoms with Crippen molar-refractivity contribution in [2.45, 2.75) is 109 Å². The Balaban J connectivity index is 0.000000215. The molecule has 0 aliphatic heterocycles. The number of hydrogen-bond donors (Lipinski definition) is 0. The molecule has 1 fully saturated rings. The zero-order chi connectivity index (χ0) is 39.3. The molecule has 5 aliphatic rings. The van der Waals surface area contributed by atoms with E-state index in [2.05, 4.69) is 198 Å². The molecule has 0 N–H and O–H groups in total. The van der Waals surface area contributed by atoms with Crippen molar-refractivity contribution >= 4 is 8.78 Å². The first-order valence-electron chi connectivity index (χ1n) is 20.5. The summed E-state index contributed by atoms with van der Waals surface area (Å²) >= 11 is 1.46. The maximum absolute atomic E-state index is 3.35. The fourth-order valence-electron chi connectivity index (χ4n) is 10.2. The van der Waals surface area contributed by atoms with Crippen LogP contribution in [0, 0.1) is 50.9 Å². The van der Waals surface area contributed by atoms with Gasteiger partial charge < -0.3 is 24.8 Å². The van der Waals surface area contributed by atoms with E-state index < -0.39 is 0 Å². The van der Waals surface area contributed by atoms with Gasteiger partial charge >= 0.3 is 99.2 Å². The number of allylic oxidation sites excluding steroid dienone is 10. The minimum atomic E-state index is 0. The monoisotopic (exact) mass is 860 g/mol. The molecule has 0 spiro atoms. The Kier molecular flexibility index (Phi) is 14.4. The van der Waals surface area contributed by atoms with Gasteiger partial charge in [-0.15, -0.1) is 6.92 Å². The summed E-state index contributed by atoms with van der Waals surface area (Å²) in [5, 5.41) is 0. The van der Waals surface area contributed by atoms with Crippen LogP contribution in [0.1, 0.15) is 125 Å². The summed E-state index contributed by atoms with van der Waals surface area (Å²) in [6.07, 6.45) is 17.5. The molecule has 3 aromatic carbocycles. The van der Waals surface area contributed by atoms with Gasteiger partial charge in [-0.05, 0) is 40.6 Å². The van der Waals surface area contributed by atoms with Crippen LogP contribution in [-0.4, -0.2) is 3.21 Å². The molecule has 3 atom stereocenters. The zero-order valence-corrected chi connectivity index (χ0v) is 40.1. The van der Waals surface area contributed by atoms with E-state index in [1.165, 1.54) is 74.5 Å². The zero-order valence-electron chi connectivity index (χ0n) is 36.1. The Bertz CT molecular complexity index is 1990. The molecule has 0 radical (unpaired) electrons. The van der Waals surface area contributed by atoms with Gasteiger partial charge in [0.2, 0.25) is 0 Å². The number of rotatable bonds is 3. The van der Waals surface area contributed by atoms with Crippen LogP contribution in [0.25, 0.3) is 5.57 Å². The summed E-state index contributed by atoms with van der Waals surface area (Å²) in [6, 6.07) is 30.3. The van der Waals surface area contributed by atoms with Crippen molar-refractivity contribution in [2.24, 2.45) is 38.9 Å². The molecule has 0 heterocycles. The van der Waals surface area contributed by atoms with Crippen LogP contribution in [0.3, 0.4) is 0 Å². The Hall–Kier alpha value is -2.44. The van der Waals surface area contributed by atoms with Gasteiger partial charge in [0.15, 0.2) is 0 Å². The van der Waals surface area contributed by atoms with Gasteiger partial charge in [-0.1, -0.05) is 159 Å². The van der Waals surface area contributed by atoms with Crippen LogP contribution in [-0.2, 0) is 30.7 Å². The summed E-state index contributed by atoms with van der Waals surface area (Å²) in [6.45, 7) is 29.2. The minimum absolute atomic E-state index is 0. The van der Waals surface area contributed by atoms with Crippen LogP contribution in [0.15, 0.2) is 132 Å². The third kappa shape index (κ3) is 7.85. The molecule has 8 rings (SSSR count). The van der Waals surface area contributed by atoms with Gasteiger partial charge in [0, 0.05) is 0 Å². The van der Waals surface area contributed by atoms with E-state index >= 15 is 0 Å². The van der Waals surface area contributed by atoms with Gasteiger partial charge in [0.25, 0.3) is 0 Å². The number of hydrogen-bond acceptors (Lipinski definition) is 0. The van der Waals surface area contributed by atoms with Crippen LogP contribution >= 0.6 is 0 Å². The van der Waals surface area contributed by atoms with Gasteiger partial charge in [0.1, 0.15) is 0 Å². The van der Waals surface area contributed by atoms with E-state index in [0.717, 1.165) is 6.42 Å². The summed E-state index contributed by atoms with van der Waals surface area (Å²) < 4.78 is 1.42. The van der Waals surface area contributed by atoms with Crippen molar-refractivity contribution in [3.8, 4) is 0 Å². The van der Waals surface area contributed by atoms with E-state index in [0.29, 0.717) is 17.3 Å². The predicted molar refractivity (Wildman–Crippen MR) is 230 cm³/mol. The van der Waals surface area contributed by atoms with Gasteiger partial charge in [0.05, 0.1) is 0 Å². The van der Waals surface area contributed by atoms with E-state index in [-0.39, 0.29) is 46.5 Å². The molecule has 1 saturated carbocycles. The van der Waals surface area contributed by atoms with Gasteiger partial charge in [-0.25, -0.2) is 12.0 Å². The first-order chi connectivity index (χ1) is 25.4. The molecule has 56 heavy (non-hydrogen) atoms. The molecule has 3 unspecified atom stereocenters. The fourth-order valence-corrected chi connectivity index (χ4v) is 11.0. The van der Waals surface area contributed by atoms with Crippen molar-refractivity contribution < 1.29 is 49.0 Å². The quantitative estimate of drug-likeness (QED) is 0.234. The van der Waals surface area contributed by atoms with Crippen molar-refractivity contribution in [1.82, 2.24) is 0 Å². The molecule has 0 bridgehead atoms. The molecule has 0 aromatic heterocycles. The first-order valence-corrected chi connectivity index (χ1v) is 21.7. The molecule has 3 heteroatoms. The normalized spacial score (nSPS) is 24.4. The second-order valence-corrected chi connectivity index (χ2v) is 20.3. The Labute approximate surface area is 368 Å². The topological polar surface area (TPSA) is 0 Å². The molecular weight excluding hydrogens is 799 g/mol. The maximum atomic E-state index is 3.35. The Morgan fingerprint density at radius 3 is 1.88 bits per heavy atom. The molecule has 0 amide bonds. The van der Waals surface area contributed by atoms with Crippen molar-refractivity contribution in [3.05, 3.63) is 166 Å². The van der Waals surface area contributed by atoms with Crippen LogP contribution in [0.4, 0.5) is 0 Å². The fraction of sp³-hybridized carbons (Fsp3) is 0.434. The van der Waals surface area contributed by atoms with E-state index in [1.807, 2.05) is 0 Å². The average Bonchev–Trinajstić information content (AvgIpc) is 3.81. The van der Waals surface area contributed by atoms with Gasteiger partial charge in [-0.3, -0.25) is 6.08 Å². The van der Waals surface area contributed by atoms with Crippen LogP contribution in [0.2, 0.25) is 0 Å². The van der Waals surface area contributed by atoms with E-state index in [1.54, 1.807) is 28.2 Å². The Morgan fingerprint density at radius 2 is 1.36 bits per heavy atom. The molecule has 0 saturated heterocycles. The molecule has 0 nitrogen and oxygen atoms in total. The third-order valence-corrected chi connectivity index (χ3v) is 16.5. The van der Waals surface area contributed by atoms with E-state index in [4.69, 9.17) is 0 Å². The number of halogens is 2. The second-order valence-electron chi connectivity index (χ2n) is 19.1. The second kappa shape index (κ2) is 17.4.